The fraction of sp³-hybridized carbons (Fsp3) is 0.944. The number of nitrogens with one attached hydrogen (secondary N) is 1. The monoisotopic (exact) mass is 294 g/mol. The summed E-state index contributed by atoms with van der Waals surface area (Å²) in [7, 11) is 0. The molecule has 3 unspecified atom stereocenters. The number of amides is 1. The molecule has 1 amide bonds. The number of carbonyl (C=O) groups is 1. The van der Waals surface area contributed by atoms with E-state index in [1.165, 1.54) is 25.7 Å². The van der Waals surface area contributed by atoms with Crippen molar-refractivity contribution in [2.75, 3.05) is 0 Å². The molecule has 0 bridgehead atoms. The van der Waals surface area contributed by atoms with Crippen LogP contribution in [0.4, 0.5) is 0 Å². The largest absolute Gasteiger partial charge is 0.322 e. The van der Waals surface area contributed by atoms with E-state index in [4.69, 9.17) is 0 Å². The van der Waals surface area contributed by atoms with Gasteiger partial charge in [-0.2, -0.15) is 0 Å². The summed E-state index contributed by atoms with van der Waals surface area (Å²) in [5.41, 5.74) is 0.247. The Morgan fingerprint density at radius 3 is 2.43 bits per heavy atom. The quantitative estimate of drug-likeness (QED) is 0.855. The molecule has 1 saturated heterocycles. The number of hydrogen-bond donors (Lipinski definition) is 1. The minimum Gasteiger partial charge on any atom is -0.322 e. The van der Waals surface area contributed by atoms with Crippen molar-refractivity contribution >= 4 is 5.91 Å². The first kappa shape index (κ1) is 16.8. The molecule has 3 nitrogen and oxygen atoms in total. The molecule has 3 heteroatoms. The van der Waals surface area contributed by atoms with Gasteiger partial charge < -0.3 is 4.90 Å². The minimum atomic E-state index is 0.00600. The summed E-state index contributed by atoms with van der Waals surface area (Å²) in [5, 5.41) is 3.63. The van der Waals surface area contributed by atoms with Crippen LogP contribution in [-0.2, 0) is 4.79 Å². The fourth-order valence-corrected chi connectivity index (χ4v) is 4.14. The summed E-state index contributed by atoms with van der Waals surface area (Å²) in [6.07, 6.45) is 6.26. The van der Waals surface area contributed by atoms with Gasteiger partial charge in [0.15, 0.2) is 0 Å². The molecule has 2 rings (SSSR count). The first-order valence-corrected chi connectivity index (χ1v) is 8.82. The zero-order chi connectivity index (χ0) is 15.8. The van der Waals surface area contributed by atoms with Gasteiger partial charge >= 0.3 is 0 Å². The molecular weight excluding hydrogens is 260 g/mol. The summed E-state index contributed by atoms with van der Waals surface area (Å²) >= 11 is 0. The van der Waals surface area contributed by atoms with Crippen molar-refractivity contribution in [2.45, 2.75) is 91.9 Å². The average Bonchev–Trinajstić information content (AvgIpc) is 2.65. The van der Waals surface area contributed by atoms with Crippen LogP contribution in [0.25, 0.3) is 0 Å². The molecular formula is C18H34N2O. The maximum absolute atomic E-state index is 13.0. The first-order valence-electron chi connectivity index (χ1n) is 8.82. The van der Waals surface area contributed by atoms with Crippen molar-refractivity contribution in [1.29, 1.82) is 0 Å². The lowest BCUT2D eigenvalue weighted by Crippen LogP contribution is -2.52. The number of hydrogen-bond acceptors (Lipinski definition) is 2. The third-order valence-electron chi connectivity index (χ3n) is 5.38. The van der Waals surface area contributed by atoms with Gasteiger partial charge in [0.25, 0.3) is 0 Å². The lowest BCUT2D eigenvalue weighted by Gasteiger charge is -2.46. The molecule has 1 heterocycles. The van der Waals surface area contributed by atoms with Crippen LogP contribution in [0, 0.1) is 17.3 Å². The lowest BCUT2D eigenvalue weighted by molar-refractivity contribution is -0.137. The molecule has 1 N–H and O–H groups in total. The third-order valence-corrected chi connectivity index (χ3v) is 5.38. The van der Waals surface area contributed by atoms with E-state index < -0.39 is 0 Å². The molecule has 1 saturated carbocycles. The zero-order valence-electron chi connectivity index (χ0n) is 14.8. The van der Waals surface area contributed by atoms with E-state index >= 15 is 0 Å². The molecule has 0 aromatic carbocycles. The van der Waals surface area contributed by atoms with Gasteiger partial charge in [-0.05, 0) is 36.5 Å². The Labute approximate surface area is 130 Å². The SMILES string of the molecule is CC(C)CC1NC(C(C)C)C(=O)N1C1CCCCC1(C)C. The van der Waals surface area contributed by atoms with Gasteiger partial charge in [-0.15, -0.1) is 0 Å². The molecule has 0 aromatic heterocycles. The Hall–Kier alpha value is -0.570. The number of rotatable bonds is 4. The number of nitrogens with zero attached hydrogens (tertiary/aromatic N) is 1. The van der Waals surface area contributed by atoms with E-state index in [0.717, 1.165) is 6.42 Å². The van der Waals surface area contributed by atoms with Crippen molar-refractivity contribution in [3.63, 3.8) is 0 Å². The van der Waals surface area contributed by atoms with Gasteiger partial charge in [0.05, 0.1) is 12.2 Å². The first-order chi connectivity index (χ1) is 9.74. The highest BCUT2D eigenvalue weighted by Crippen LogP contribution is 2.41. The fourth-order valence-electron chi connectivity index (χ4n) is 4.14. The molecule has 2 fully saturated rings. The molecule has 2 aliphatic rings. The highest BCUT2D eigenvalue weighted by molar-refractivity contribution is 5.85. The zero-order valence-corrected chi connectivity index (χ0v) is 14.8. The van der Waals surface area contributed by atoms with Crippen LogP contribution in [-0.4, -0.2) is 29.1 Å². The topological polar surface area (TPSA) is 32.3 Å². The summed E-state index contributed by atoms with van der Waals surface area (Å²) in [6.45, 7) is 13.5. The summed E-state index contributed by atoms with van der Waals surface area (Å²) in [6, 6.07) is 0.408. The van der Waals surface area contributed by atoms with Crippen molar-refractivity contribution in [2.24, 2.45) is 17.3 Å². The van der Waals surface area contributed by atoms with Gasteiger partial charge in [-0.1, -0.05) is 54.4 Å². The normalized spacial score (nSPS) is 33.2. The molecule has 0 radical (unpaired) electrons. The number of carbonyl (C=O) groups excluding carboxylic acids is 1. The second kappa shape index (κ2) is 6.28. The maximum Gasteiger partial charge on any atom is 0.241 e. The predicted octanol–water partition coefficient (Wildman–Crippen LogP) is 3.78. The molecule has 3 atom stereocenters. The van der Waals surface area contributed by atoms with E-state index in [1.807, 2.05) is 0 Å². The van der Waals surface area contributed by atoms with Crippen LogP contribution >= 0.6 is 0 Å². The van der Waals surface area contributed by atoms with E-state index in [1.54, 1.807) is 0 Å². The van der Waals surface area contributed by atoms with Crippen LogP contribution in [0.1, 0.15) is 73.6 Å². The molecule has 122 valence electrons. The van der Waals surface area contributed by atoms with Crippen LogP contribution < -0.4 is 5.32 Å². The van der Waals surface area contributed by atoms with Gasteiger partial charge in [0, 0.05) is 6.04 Å². The van der Waals surface area contributed by atoms with Gasteiger partial charge in [-0.25, -0.2) is 0 Å². The van der Waals surface area contributed by atoms with Gasteiger partial charge in [0.1, 0.15) is 0 Å². The van der Waals surface area contributed by atoms with E-state index in [9.17, 15) is 4.79 Å². The van der Waals surface area contributed by atoms with Crippen molar-refractivity contribution in [1.82, 2.24) is 10.2 Å². The standard InChI is InChI=1S/C18H34N2O/c1-12(2)11-15-19-16(13(3)4)17(21)20(15)14-9-7-8-10-18(14,5)6/h12-16,19H,7-11H2,1-6H3. The average molecular weight is 294 g/mol. The highest BCUT2D eigenvalue weighted by atomic mass is 16.2. The Morgan fingerprint density at radius 1 is 1.24 bits per heavy atom. The molecule has 0 spiro atoms. The Balaban J connectivity index is 2.25. The second-order valence-corrected chi connectivity index (χ2v) is 8.53. The van der Waals surface area contributed by atoms with Gasteiger partial charge in [-0.3, -0.25) is 10.1 Å². The lowest BCUT2D eigenvalue weighted by atomic mass is 9.72. The Morgan fingerprint density at radius 2 is 1.90 bits per heavy atom. The summed E-state index contributed by atoms with van der Waals surface area (Å²) < 4.78 is 0. The second-order valence-electron chi connectivity index (χ2n) is 8.53. The van der Waals surface area contributed by atoms with Crippen LogP contribution in [0.3, 0.4) is 0 Å². The predicted molar refractivity (Wildman–Crippen MR) is 87.9 cm³/mol. The molecule has 1 aliphatic carbocycles. The van der Waals surface area contributed by atoms with E-state index in [0.29, 0.717) is 23.8 Å². The maximum atomic E-state index is 13.0. The smallest absolute Gasteiger partial charge is 0.241 e. The Bertz CT molecular complexity index is 375. The third kappa shape index (κ3) is 3.44. The van der Waals surface area contributed by atoms with Crippen LogP contribution in [0.15, 0.2) is 0 Å². The van der Waals surface area contributed by atoms with Crippen LogP contribution in [0.2, 0.25) is 0 Å². The molecule has 21 heavy (non-hydrogen) atoms. The molecule has 0 aromatic rings. The van der Waals surface area contributed by atoms with E-state index in [2.05, 4.69) is 51.8 Å². The van der Waals surface area contributed by atoms with Crippen molar-refractivity contribution in [3.05, 3.63) is 0 Å². The molecule has 1 aliphatic heterocycles. The van der Waals surface area contributed by atoms with E-state index in [-0.39, 0.29) is 17.6 Å². The van der Waals surface area contributed by atoms with Crippen molar-refractivity contribution < 1.29 is 4.79 Å². The van der Waals surface area contributed by atoms with Crippen molar-refractivity contribution in [3.8, 4) is 0 Å². The minimum absolute atomic E-state index is 0.00600. The Kier molecular flexibility index (Phi) is 5.02. The summed E-state index contributed by atoms with van der Waals surface area (Å²) in [5.74, 6) is 1.31. The highest BCUT2D eigenvalue weighted by Gasteiger charge is 2.48. The summed E-state index contributed by atoms with van der Waals surface area (Å²) in [4.78, 5) is 15.2. The van der Waals surface area contributed by atoms with Crippen LogP contribution in [0.5, 0.6) is 0 Å². The van der Waals surface area contributed by atoms with Gasteiger partial charge in [0.2, 0.25) is 5.91 Å².